The van der Waals surface area contributed by atoms with Gasteiger partial charge in [0.15, 0.2) is 5.82 Å². The number of alkyl halides is 2. The molecule has 10 heteroatoms. The maximum atomic E-state index is 13.6. The summed E-state index contributed by atoms with van der Waals surface area (Å²) in [5.41, 5.74) is 0.895. The Morgan fingerprint density at radius 1 is 0.971 bits per heavy atom. The Morgan fingerprint density at radius 2 is 1.68 bits per heavy atom. The zero-order chi connectivity index (χ0) is 24.0. The van der Waals surface area contributed by atoms with Gasteiger partial charge in [0.25, 0.3) is 11.8 Å². The van der Waals surface area contributed by atoms with Crippen LogP contribution in [0.25, 0.3) is 11.0 Å². The molecule has 0 bridgehead atoms. The Hall–Kier alpha value is -4.11. The number of halogens is 3. The highest BCUT2D eigenvalue weighted by Gasteiger charge is 2.38. The molecule has 1 aliphatic heterocycles. The van der Waals surface area contributed by atoms with Crippen LogP contribution < -0.4 is 4.90 Å². The molecule has 7 nitrogen and oxygen atoms in total. The predicted molar refractivity (Wildman–Crippen MR) is 119 cm³/mol. The van der Waals surface area contributed by atoms with E-state index < -0.39 is 30.9 Å². The molecule has 2 heterocycles. The number of hydrogen-bond donors (Lipinski definition) is 0. The fourth-order valence-electron chi connectivity index (χ4n) is 3.85. The first-order valence-electron chi connectivity index (χ1n) is 10.1. The zero-order valence-electron chi connectivity index (χ0n) is 17.2. The van der Waals surface area contributed by atoms with Crippen LogP contribution in [0, 0.1) is 0 Å². The van der Waals surface area contributed by atoms with E-state index in [1.54, 1.807) is 36.4 Å². The smallest absolute Gasteiger partial charge is 0.338 e. The van der Waals surface area contributed by atoms with Gasteiger partial charge in [0.05, 0.1) is 38.4 Å². The Kier molecular flexibility index (Phi) is 5.33. The number of fused-ring (bicyclic) bond motifs is 2. The summed E-state index contributed by atoms with van der Waals surface area (Å²) in [6.45, 7) is -3.38. The van der Waals surface area contributed by atoms with Crippen molar-refractivity contribution in [3.05, 3.63) is 94.3 Å². The van der Waals surface area contributed by atoms with Gasteiger partial charge in [0.1, 0.15) is 6.61 Å². The van der Waals surface area contributed by atoms with Gasteiger partial charge in [0, 0.05) is 0 Å². The SMILES string of the molecule is O=C(OCc1nc2ccccc2n1C(F)F)c1ccc2c(c1)C(=O)N(c1ccccc1Cl)C2=O. The van der Waals surface area contributed by atoms with Gasteiger partial charge >= 0.3 is 12.5 Å². The number of imide groups is 1. The van der Waals surface area contributed by atoms with Crippen LogP contribution in [0.3, 0.4) is 0 Å². The van der Waals surface area contributed by atoms with Crippen molar-refractivity contribution >= 4 is 46.1 Å². The summed E-state index contributed by atoms with van der Waals surface area (Å²) in [5.74, 6) is -2.19. The van der Waals surface area contributed by atoms with Gasteiger partial charge in [-0.15, -0.1) is 0 Å². The van der Waals surface area contributed by atoms with Crippen LogP contribution in [0.5, 0.6) is 0 Å². The number of imidazole rings is 1. The highest BCUT2D eigenvalue weighted by Crippen LogP contribution is 2.33. The number of nitrogens with zero attached hydrogens (tertiary/aromatic N) is 3. The molecule has 0 unspecified atom stereocenters. The minimum absolute atomic E-state index is 0.0131. The molecule has 2 amide bonds. The van der Waals surface area contributed by atoms with Crippen molar-refractivity contribution in [2.45, 2.75) is 13.2 Å². The summed E-state index contributed by atoms with van der Waals surface area (Å²) >= 11 is 6.14. The van der Waals surface area contributed by atoms with Gasteiger partial charge in [-0.2, -0.15) is 8.78 Å². The van der Waals surface area contributed by atoms with Gasteiger partial charge in [-0.05, 0) is 42.5 Å². The number of carbonyl (C=O) groups excluding carboxylic acids is 3. The molecule has 34 heavy (non-hydrogen) atoms. The van der Waals surface area contributed by atoms with E-state index >= 15 is 0 Å². The van der Waals surface area contributed by atoms with Gasteiger partial charge in [-0.3, -0.25) is 14.2 Å². The standard InChI is InChI=1S/C24H14ClF2N3O4/c25-16-5-1-3-7-18(16)30-21(31)14-10-9-13(11-15(14)22(30)32)23(33)34-12-20-28-17-6-2-4-8-19(17)29(20)24(26)27/h1-11,24H,12H2. The summed E-state index contributed by atoms with van der Waals surface area (Å²) in [6, 6.07) is 16.6. The molecule has 1 aliphatic rings. The molecule has 0 spiro atoms. The largest absolute Gasteiger partial charge is 0.454 e. The van der Waals surface area contributed by atoms with Crippen LogP contribution in [-0.2, 0) is 11.3 Å². The van der Waals surface area contributed by atoms with Crippen molar-refractivity contribution < 1.29 is 27.9 Å². The average molecular weight is 482 g/mol. The lowest BCUT2D eigenvalue weighted by molar-refractivity contribution is 0.0387. The normalized spacial score (nSPS) is 13.1. The fraction of sp³-hybridized carbons (Fsp3) is 0.0833. The van der Waals surface area contributed by atoms with Crippen LogP contribution >= 0.6 is 11.6 Å². The molecule has 0 atom stereocenters. The van der Waals surface area contributed by atoms with E-state index in [9.17, 15) is 23.2 Å². The second kappa shape index (κ2) is 8.35. The van der Waals surface area contributed by atoms with Gasteiger partial charge in [-0.25, -0.2) is 14.7 Å². The van der Waals surface area contributed by atoms with Crippen LogP contribution in [-0.4, -0.2) is 27.3 Å². The Labute approximate surface area is 196 Å². The molecule has 0 saturated carbocycles. The summed E-state index contributed by atoms with van der Waals surface area (Å²) in [4.78, 5) is 43.4. The van der Waals surface area contributed by atoms with Crippen LogP contribution in [0.1, 0.15) is 43.4 Å². The number of carbonyl (C=O) groups is 3. The van der Waals surface area contributed by atoms with E-state index in [1.165, 1.54) is 30.3 Å². The molecule has 0 saturated heterocycles. The van der Waals surface area contributed by atoms with Crippen LogP contribution in [0.2, 0.25) is 5.02 Å². The summed E-state index contributed by atoms with van der Waals surface area (Å²) in [7, 11) is 0. The van der Waals surface area contributed by atoms with Gasteiger partial charge in [0.2, 0.25) is 0 Å². The molecule has 3 aromatic carbocycles. The first-order chi connectivity index (χ1) is 16.4. The molecular formula is C24H14ClF2N3O4. The first kappa shape index (κ1) is 21.7. The Morgan fingerprint density at radius 3 is 2.44 bits per heavy atom. The van der Waals surface area contributed by atoms with Crippen molar-refractivity contribution in [3.8, 4) is 0 Å². The predicted octanol–water partition coefficient (Wildman–Crippen LogP) is 5.24. The van der Waals surface area contributed by atoms with Gasteiger partial charge in [-0.1, -0.05) is 35.9 Å². The van der Waals surface area contributed by atoms with Crippen molar-refractivity contribution in [2.75, 3.05) is 4.90 Å². The van der Waals surface area contributed by atoms with Crippen LogP contribution in [0.15, 0.2) is 66.7 Å². The van der Waals surface area contributed by atoms with Crippen LogP contribution in [0.4, 0.5) is 14.5 Å². The lowest BCUT2D eigenvalue weighted by Crippen LogP contribution is -2.29. The number of aromatic nitrogens is 2. The molecule has 0 radical (unpaired) electrons. The number of benzene rings is 3. The summed E-state index contributed by atoms with van der Waals surface area (Å²) in [6.07, 6.45) is 0. The monoisotopic (exact) mass is 481 g/mol. The lowest BCUT2D eigenvalue weighted by atomic mass is 10.1. The third kappa shape index (κ3) is 3.50. The third-order valence-electron chi connectivity index (χ3n) is 5.41. The molecule has 0 fully saturated rings. The number of amides is 2. The van der Waals surface area contributed by atoms with E-state index in [1.807, 2.05) is 0 Å². The van der Waals surface area contributed by atoms with Crippen molar-refractivity contribution in [1.29, 1.82) is 0 Å². The third-order valence-corrected chi connectivity index (χ3v) is 5.73. The minimum atomic E-state index is -2.87. The summed E-state index contributed by atoms with van der Waals surface area (Å²) < 4.78 is 33.0. The van der Waals surface area contributed by atoms with Gasteiger partial charge < -0.3 is 4.74 Å². The lowest BCUT2D eigenvalue weighted by Gasteiger charge is -2.15. The first-order valence-corrected chi connectivity index (χ1v) is 10.4. The van der Waals surface area contributed by atoms with E-state index in [0.29, 0.717) is 10.1 Å². The fourth-order valence-corrected chi connectivity index (χ4v) is 4.07. The maximum absolute atomic E-state index is 13.6. The van der Waals surface area contributed by atoms with Crippen molar-refractivity contribution in [2.24, 2.45) is 0 Å². The Bertz CT molecular complexity index is 1480. The number of esters is 1. The molecule has 4 aromatic rings. The molecule has 170 valence electrons. The van der Waals surface area contributed by atoms with E-state index in [2.05, 4.69) is 4.98 Å². The molecule has 0 aliphatic carbocycles. The highest BCUT2D eigenvalue weighted by molar-refractivity contribution is 6.39. The summed E-state index contributed by atoms with van der Waals surface area (Å²) in [5, 5.41) is 0.221. The zero-order valence-corrected chi connectivity index (χ0v) is 18.0. The van der Waals surface area contributed by atoms with E-state index in [0.717, 1.165) is 4.90 Å². The number of rotatable bonds is 5. The van der Waals surface area contributed by atoms with E-state index in [4.69, 9.17) is 16.3 Å². The highest BCUT2D eigenvalue weighted by atomic mass is 35.5. The van der Waals surface area contributed by atoms with Crippen molar-refractivity contribution in [1.82, 2.24) is 9.55 Å². The number of para-hydroxylation sites is 3. The minimum Gasteiger partial charge on any atom is -0.454 e. The topological polar surface area (TPSA) is 81.5 Å². The molecule has 1 aromatic heterocycles. The second-order valence-electron chi connectivity index (χ2n) is 7.40. The molecule has 0 N–H and O–H groups in total. The Balaban J connectivity index is 1.39. The molecular weight excluding hydrogens is 468 g/mol. The second-order valence-corrected chi connectivity index (χ2v) is 7.81. The number of hydrogen-bond acceptors (Lipinski definition) is 5. The van der Waals surface area contributed by atoms with E-state index in [-0.39, 0.29) is 38.7 Å². The number of anilines is 1. The number of ether oxygens (including phenoxy) is 1. The molecule has 5 rings (SSSR count). The maximum Gasteiger partial charge on any atom is 0.338 e. The van der Waals surface area contributed by atoms with Crippen molar-refractivity contribution in [3.63, 3.8) is 0 Å². The quantitative estimate of drug-likeness (QED) is 0.287. The average Bonchev–Trinajstić information content (AvgIpc) is 3.32.